The van der Waals surface area contributed by atoms with Gasteiger partial charge in [-0.05, 0) is 60.7 Å². The average molecular weight is 449 g/mol. The van der Waals surface area contributed by atoms with E-state index in [-0.39, 0.29) is 16.1 Å². The van der Waals surface area contributed by atoms with Gasteiger partial charge in [0.05, 0.1) is 10.6 Å². The van der Waals surface area contributed by atoms with Crippen molar-refractivity contribution in [2.75, 3.05) is 10.0 Å². The van der Waals surface area contributed by atoms with E-state index < -0.39 is 21.7 Å². The van der Waals surface area contributed by atoms with Crippen LogP contribution in [0, 0.1) is 5.82 Å². The molecular formula is C19H14BrFN2O3S. The first kappa shape index (κ1) is 19.1. The molecule has 2 N–H and O–H groups in total. The van der Waals surface area contributed by atoms with Crippen molar-refractivity contribution in [3.63, 3.8) is 0 Å². The van der Waals surface area contributed by atoms with Crippen LogP contribution in [-0.4, -0.2) is 14.3 Å². The molecule has 0 atom stereocenters. The Morgan fingerprint density at radius 3 is 2.15 bits per heavy atom. The maximum Gasteiger partial charge on any atom is 0.261 e. The summed E-state index contributed by atoms with van der Waals surface area (Å²) in [7, 11) is -3.74. The first-order valence-corrected chi connectivity index (χ1v) is 10.1. The third kappa shape index (κ3) is 4.72. The van der Waals surface area contributed by atoms with Crippen molar-refractivity contribution in [3.05, 3.63) is 88.6 Å². The Morgan fingerprint density at radius 1 is 0.889 bits per heavy atom. The molecule has 0 fully saturated rings. The zero-order chi connectivity index (χ0) is 19.4. The first-order valence-electron chi connectivity index (χ1n) is 7.79. The van der Waals surface area contributed by atoms with Crippen molar-refractivity contribution >= 4 is 43.2 Å². The fourth-order valence-corrected chi connectivity index (χ4v) is 3.60. The van der Waals surface area contributed by atoms with Gasteiger partial charge in [0, 0.05) is 15.7 Å². The van der Waals surface area contributed by atoms with Crippen LogP contribution in [0.25, 0.3) is 0 Å². The number of sulfonamides is 1. The Kier molecular flexibility index (Phi) is 5.57. The van der Waals surface area contributed by atoms with Gasteiger partial charge in [-0.1, -0.05) is 28.1 Å². The maximum atomic E-state index is 13.6. The number of carbonyl (C=O) groups excluding carboxylic acids is 1. The van der Waals surface area contributed by atoms with Crippen LogP contribution >= 0.6 is 15.9 Å². The van der Waals surface area contributed by atoms with Crippen LogP contribution in [0.2, 0.25) is 0 Å². The quantitative estimate of drug-likeness (QED) is 0.596. The lowest BCUT2D eigenvalue weighted by atomic mass is 10.2. The van der Waals surface area contributed by atoms with Crippen molar-refractivity contribution in [2.45, 2.75) is 4.90 Å². The molecule has 0 bridgehead atoms. The van der Waals surface area contributed by atoms with Crippen LogP contribution in [0.15, 0.2) is 82.2 Å². The van der Waals surface area contributed by atoms with E-state index in [1.165, 1.54) is 54.6 Å². The van der Waals surface area contributed by atoms with E-state index >= 15 is 0 Å². The lowest BCUT2D eigenvalue weighted by Crippen LogP contribution is -2.14. The number of amides is 1. The summed E-state index contributed by atoms with van der Waals surface area (Å²) in [5.74, 6) is -1.04. The second-order valence-corrected chi connectivity index (χ2v) is 8.17. The number of para-hydroxylation sites is 1. The molecule has 27 heavy (non-hydrogen) atoms. The van der Waals surface area contributed by atoms with Crippen molar-refractivity contribution in [1.29, 1.82) is 0 Å². The molecule has 3 rings (SSSR count). The van der Waals surface area contributed by atoms with Crippen LogP contribution in [-0.2, 0) is 10.0 Å². The van der Waals surface area contributed by atoms with Gasteiger partial charge in [-0.2, -0.15) is 0 Å². The third-order valence-corrected chi connectivity index (χ3v) is 5.57. The lowest BCUT2D eigenvalue weighted by Gasteiger charge is -2.10. The van der Waals surface area contributed by atoms with Gasteiger partial charge in [-0.3, -0.25) is 9.52 Å². The number of benzene rings is 3. The molecule has 0 radical (unpaired) electrons. The summed E-state index contributed by atoms with van der Waals surface area (Å²) >= 11 is 3.25. The molecule has 0 aromatic heterocycles. The first-order chi connectivity index (χ1) is 12.8. The Balaban J connectivity index is 1.72. The highest BCUT2D eigenvalue weighted by Gasteiger charge is 2.15. The average Bonchev–Trinajstić information content (AvgIpc) is 2.64. The van der Waals surface area contributed by atoms with Gasteiger partial charge in [0.1, 0.15) is 5.82 Å². The van der Waals surface area contributed by atoms with Crippen LogP contribution in [0.1, 0.15) is 10.4 Å². The second-order valence-electron chi connectivity index (χ2n) is 5.57. The zero-order valence-electron chi connectivity index (χ0n) is 13.8. The van der Waals surface area contributed by atoms with Crippen molar-refractivity contribution in [2.24, 2.45) is 0 Å². The maximum absolute atomic E-state index is 13.6. The van der Waals surface area contributed by atoms with Gasteiger partial charge in [-0.25, -0.2) is 12.8 Å². The van der Waals surface area contributed by atoms with Crippen molar-refractivity contribution < 1.29 is 17.6 Å². The number of anilines is 2. The molecular weight excluding hydrogens is 435 g/mol. The molecule has 0 saturated carbocycles. The van der Waals surface area contributed by atoms with E-state index in [2.05, 4.69) is 26.0 Å². The summed E-state index contributed by atoms with van der Waals surface area (Å²) in [6.45, 7) is 0. The van der Waals surface area contributed by atoms with Gasteiger partial charge in [0.25, 0.3) is 15.9 Å². The number of halogens is 2. The minimum absolute atomic E-state index is 0.0718. The number of rotatable bonds is 5. The highest BCUT2D eigenvalue weighted by Crippen LogP contribution is 2.20. The fourth-order valence-electron chi connectivity index (χ4n) is 2.27. The Labute approximate surface area is 164 Å². The third-order valence-electron chi connectivity index (χ3n) is 3.65. The zero-order valence-corrected chi connectivity index (χ0v) is 16.2. The van der Waals surface area contributed by atoms with Gasteiger partial charge >= 0.3 is 0 Å². The van der Waals surface area contributed by atoms with Crippen LogP contribution in [0.3, 0.4) is 0 Å². The summed E-state index contributed by atoms with van der Waals surface area (Å²) in [6.07, 6.45) is 0. The second kappa shape index (κ2) is 7.89. The molecule has 3 aromatic rings. The minimum Gasteiger partial charge on any atom is -0.319 e. The topological polar surface area (TPSA) is 75.3 Å². The van der Waals surface area contributed by atoms with Crippen molar-refractivity contribution in [3.8, 4) is 0 Å². The number of nitrogens with one attached hydrogen (secondary N) is 2. The highest BCUT2D eigenvalue weighted by atomic mass is 79.9. The van der Waals surface area contributed by atoms with E-state index in [0.717, 1.165) is 4.47 Å². The molecule has 3 aromatic carbocycles. The molecule has 0 spiro atoms. The summed E-state index contributed by atoms with van der Waals surface area (Å²) in [5.41, 5.74) is 0.646. The summed E-state index contributed by atoms with van der Waals surface area (Å²) in [5, 5.41) is 2.47. The van der Waals surface area contributed by atoms with Crippen molar-refractivity contribution in [1.82, 2.24) is 0 Å². The normalized spacial score (nSPS) is 11.0. The van der Waals surface area contributed by atoms with Gasteiger partial charge in [0.2, 0.25) is 0 Å². The largest absolute Gasteiger partial charge is 0.319 e. The summed E-state index contributed by atoms with van der Waals surface area (Å²) in [6, 6.07) is 17.9. The molecule has 5 nitrogen and oxygen atoms in total. The fraction of sp³-hybridized carbons (Fsp3) is 0. The summed E-state index contributed by atoms with van der Waals surface area (Å²) in [4.78, 5) is 12.3. The Bertz CT molecular complexity index is 1070. The van der Waals surface area contributed by atoms with Gasteiger partial charge < -0.3 is 5.32 Å². The summed E-state index contributed by atoms with van der Waals surface area (Å²) < 4.78 is 41.5. The molecule has 0 heterocycles. The van der Waals surface area contributed by atoms with Gasteiger partial charge in [-0.15, -0.1) is 0 Å². The van der Waals surface area contributed by atoms with E-state index in [1.807, 2.05) is 0 Å². The molecule has 0 unspecified atom stereocenters. The smallest absolute Gasteiger partial charge is 0.261 e. The van der Waals surface area contributed by atoms with E-state index in [1.54, 1.807) is 18.2 Å². The van der Waals surface area contributed by atoms with Crippen LogP contribution < -0.4 is 10.0 Å². The Hall–Kier alpha value is -2.71. The SMILES string of the molecule is O=C(Nc1ccccc1F)c1ccc(NS(=O)(=O)c2ccc(Br)cc2)cc1. The lowest BCUT2D eigenvalue weighted by molar-refractivity contribution is 0.102. The molecule has 138 valence electrons. The molecule has 0 aliphatic rings. The van der Waals surface area contributed by atoms with E-state index in [9.17, 15) is 17.6 Å². The van der Waals surface area contributed by atoms with Crippen LogP contribution in [0.5, 0.6) is 0 Å². The number of hydrogen-bond donors (Lipinski definition) is 2. The molecule has 8 heteroatoms. The predicted octanol–water partition coefficient (Wildman–Crippen LogP) is 4.64. The highest BCUT2D eigenvalue weighted by molar-refractivity contribution is 9.10. The number of hydrogen-bond acceptors (Lipinski definition) is 3. The standard InChI is InChI=1S/C19H14BrFN2O3S/c20-14-7-11-16(12-8-14)27(25,26)23-15-9-5-13(6-10-15)19(24)22-18-4-2-1-3-17(18)21/h1-12,23H,(H,22,24). The Morgan fingerprint density at radius 2 is 1.52 bits per heavy atom. The predicted molar refractivity (Wildman–Crippen MR) is 106 cm³/mol. The van der Waals surface area contributed by atoms with E-state index in [0.29, 0.717) is 5.69 Å². The monoisotopic (exact) mass is 448 g/mol. The molecule has 0 aliphatic carbocycles. The van der Waals surface area contributed by atoms with Crippen LogP contribution in [0.4, 0.5) is 15.8 Å². The minimum atomic E-state index is -3.74. The van der Waals surface area contributed by atoms with E-state index in [4.69, 9.17) is 0 Å². The number of carbonyl (C=O) groups is 1. The molecule has 0 aliphatic heterocycles. The van der Waals surface area contributed by atoms with Gasteiger partial charge in [0.15, 0.2) is 0 Å². The molecule has 1 amide bonds. The molecule has 0 saturated heterocycles.